The van der Waals surface area contributed by atoms with E-state index >= 15 is 0 Å². The first-order valence-electron chi connectivity index (χ1n) is 6.16. The summed E-state index contributed by atoms with van der Waals surface area (Å²) in [6.07, 6.45) is 0. The van der Waals surface area contributed by atoms with E-state index in [9.17, 15) is 9.18 Å². The number of aryl methyl sites for hydroxylation is 1. The Hall–Kier alpha value is -2.36. The van der Waals surface area contributed by atoms with Gasteiger partial charge in [0.2, 0.25) is 0 Å². The maximum absolute atomic E-state index is 13.0. The predicted molar refractivity (Wildman–Crippen MR) is 74.0 cm³/mol. The van der Waals surface area contributed by atoms with Crippen LogP contribution in [0.4, 0.5) is 4.39 Å². The lowest BCUT2D eigenvalue weighted by atomic mass is 10.1. The smallest absolute Gasteiger partial charge is 0.200 e. The monoisotopic (exact) mass is 274 g/mol. The fourth-order valence-electron chi connectivity index (χ4n) is 1.80. The van der Waals surface area contributed by atoms with Crippen molar-refractivity contribution in [2.24, 2.45) is 0 Å². The molecule has 0 saturated carbocycles. The predicted octanol–water partition coefficient (Wildman–Crippen LogP) is 3.40. The van der Waals surface area contributed by atoms with Crippen LogP contribution in [0.3, 0.4) is 0 Å². The van der Waals surface area contributed by atoms with Gasteiger partial charge in [0.1, 0.15) is 17.3 Å². The third-order valence-electron chi connectivity index (χ3n) is 2.89. The molecule has 20 heavy (non-hydrogen) atoms. The minimum absolute atomic E-state index is 0.0976. The SMILES string of the molecule is COc1cccc(C(=O)COc2ccc(F)cc2C)c1. The second kappa shape index (κ2) is 6.19. The van der Waals surface area contributed by atoms with Crippen LogP contribution >= 0.6 is 0 Å². The molecule has 2 aromatic rings. The fraction of sp³-hybridized carbons (Fsp3) is 0.188. The molecule has 2 aromatic carbocycles. The molecule has 0 radical (unpaired) electrons. The van der Waals surface area contributed by atoms with Gasteiger partial charge in [-0.25, -0.2) is 4.39 Å². The number of halogens is 1. The van der Waals surface area contributed by atoms with Crippen LogP contribution in [0.2, 0.25) is 0 Å². The van der Waals surface area contributed by atoms with Crippen molar-refractivity contribution in [3.63, 3.8) is 0 Å². The average Bonchev–Trinajstić information content (AvgIpc) is 2.46. The Labute approximate surface area is 117 Å². The fourth-order valence-corrected chi connectivity index (χ4v) is 1.80. The number of benzene rings is 2. The van der Waals surface area contributed by atoms with Gasteiger partial charge >= 0.3 is 0 Å². The van der Waals surface area contributed by atoms with Crippen molar-refractivity contribution in [1.82, 2.24) is 0 Å². The van der Waals surface area contributed by atoms with Gasteiger partial charge < -0.3 is 9.47 Å². The third kappa shape index (κ3) is 3.35. The van der Waals surface area contributed by atoms with Crippen LogP contribution in [0.25, 0.3) is 0 Å². The van der Waals surface area contributed by atoms with Gasteiger partial charge in [0.25, 0.3) is 0 Å². The Balaban J connectivity index is 2.04. The lowest BCUT2D eigenvalue weighted by Gasteiger charge is -2.09. The minimum Gasteiger partial charge on any atom is -0.497 e. The molecule has 0 aliphatic carbocycles. The molecule has 3 nitrogen and oxygen atoms in total. The van der Waals surface area contributed by atoms with Gasteiger partial charge in [0, 0.05) is 5.56 Å². The Bertz CT molecular complexity index is 623. The Morgan fingerprint density at radius 1 is 1.20 bits per heavy atom. The van der Waals surface area contributed by atoms with E-state index in [2.05, 4.69) is 0 Å². The highest BCUT2D eigenvalue weighted by Crippen LogP contribution is 2.19. The van der Waals surface area contributed by atoms with Crippen LogP contribution in [-0.2, 0) is 0 Å². The summed E-state index contributed by atoms with van der Waals surface area (Å²) in [5.41, 5.74) is 1.17. The number of hydrogen-bond donors (Lipinski definition) is 0. The molecule has 0 N–H and O–H groups in total. The first-order chi connectivity index (χ1) is 9.60. The van der Waals surface area contributed by atoms with E-state index < -0.39 is 0 Å². The number of carbonyl (C=O) groups is 1. The molecule has 0 saturated heterocycles. The molecule has 0 heterocycles. The molecule has 104 valence electrons. The number of rotatable bonds is 5. The lowest BCUT2D eigenvalue weighted by molar-refractivity contribution is 0.0920. The Morgan fingerprint density at radius 2 is 2.00 bits per heavy atom. The summed E-state index contributed by atoms with van der Waals surface area (Å²) in [7, 11) is 1.54. The summed E-state index contributed by atoms with van der Waals surface area (Å²) in [5.74, 6) is 0.637. The van der Waals surface area contributed by atoms with E-state index in [4.69, 9.17) is 9.47 Å². The molecule has 0 aliphatic rings. The highest BCUT2D eigenvalue weighted by molar-refractivity contribution is 5.97. The van der Waals surface area contributed by atoms with Crippen molar-refractivity contribution in [2.45, 2.75) is 6.92 Å². The molecule has 0 aromatic heterocycles. The molecule has 0 spiro atoms. The van der Waals surface area contributed by atoms with Crippen LogP contribution in [0, 0.1) is 12.7 Å². The van der Waals surface area contributed by atoms with E-state index in [0.717, 1.165) is 0 Å². The van der Waals surface area contributed by atoms with Crippen molar-refractivity contribution < 1.29 is 18.7 Å². The van der Waals surface area contributed by atoms with Crippen molar-refractivity contribution in [1.29, 1.82) is 0 Å². The minimum atomic E-state index is -0.325. The van der Waals surface area contributed by atoms with Gasteiger partial charge in [-0.1, -0.05) is 12.1 Å². The van der Waals surface area contributed by atoms with Crippen LogP contribution in [0.5, 0.6) is 11.5 Å². The zero-order valence-corrected chi connectivity index (χ0v) is 11.4. The summed E-state index contributed by atoms with van der Waals surface area (Å²) in [5, 5.41) is 0. The lowest BCUT2D eigenvalue weighted by Crippen LogP contribution is -2.12. The van der Waals surface area contributed by atoms with Gasteiger partial charge in [0.05, 0.1) is 7.11 Å². The number of ketones is 1. The molecule has 0 fully saturated rings. The van der Waals surface area contributed by atoms with Crippen LogP contribution in [0.1, 0.15) is 15.9 Å². The number of carbonyl (C=O) groups excluding carboxylic acids is 1. The maximum atomic E-state index is 13.0. The van der Waals surface area contributed by atoms with Gasteiger partial charge in [-0.05, 0) is 42.8 Å². The third-order valence-corrected chi connectivity index (χ3v) is 2.89. The van der Waals surface area contributed by atoms with Crippen LogP contribution in [0.15, 0.2) is 42.5 Å². The summed E-state index contributed by atoms with van der Waals surface area (Å²) in [6.45, 7) is 1.63. The maximum Gasteiger partial charge on any atom is 0.200 e. The van der Waals surface area contributed by atoms with Crippen molar-refractivity contribution in [3.05, 3.63) is 59.4 Å². The summed E-state index contributed by atoms with van der Waals surface area (Å²) < 4.78 is 23.4. The van der Waals surface area contributed by atoms with E-state index in [0.29, 0.717) is 22.6 Å². The van der Waals surface area contributed by atoms with Crippen LogP contribution < -0.4 is 9.47 Å². The van der Waals surface area contributed by atoms with Crippen molar-refractivity contribution in [2.75, 3.05) is 13.7 Å². The molecule has 0 unspecified atom stereocenters. The first-order valence-corrected chi connectivity index (χ1v) is 6.16. The highest BCUT2D eigenvalue weighted by atomic mass is 19.1. The first kappa shape index (κ1) is 14.1. The molecule has 4 heteroatoms. The average molecular weight is 274 g/mol. The zero-order chi connectivity index (χ0) is 14.5. The van der Waals surface area contributed by atoms with E-state index in [-0.39, 0.29) is 18.2 Å². The standard InChI is InChI=1S/C16H15FO3/c1-11-8-13(17)6-7-16(11)20-10-15(18)12-4-3-5-14(9-12)19-2/h3-9H,10H2,1-2H3. The van der Waals surface area contributed by atoms with Gasteiger partial charge in [-0.15, -0.1) is 0 Å². The number of methoxy groups -OCH3 is 1. The zero-order valence-electron chi connectivity index (χ0n) is 11.4. The molecule has 0 aliphatic heterocycles. The topological polar surface area (TPSA) is 35.5 Å². The van der Waals surface area contributed by atoms with Crippen molar-refractivity contribution >= 4 is 5.78 Å². The second-order valence-corrected chi connectivity index (χ2v) is 4.35. The number of Topliss-reactive ketones (excluding diaryl/α,β-unsaturated/α-hetero) is 1. The van der Waals surface area contributed by atoms with E-state index in [1.807, 2.05) is 0 Å². The largest absolute Gasteiger partial charge is 0.497 e. The molecule has 0 amide bonds. The quantitative estimate of drug-likeness (QED) is 0.784. The normalized spacial score (nSPS) is 10.2. The summed E-state index contributed by atoms with van der Waals surface area (Å²) in [6, 6.07) is 11.1. The van der Waals surface area contributed by atoms with E-state index in [1.165, 1.54) is 18.2 Å². The van der Waals surface area contributed by atoms with Crippen LogP contribution in [-0.4, -0.2) is 19.5 Å². The van der Waals surface area contributed by atoms with E-state index in [1.54, 1.807) is 38.3 Å². The van der Waals surface area contributed by atoms with Gasteiger partial charge in [0.15, 0.2) is 12.4 Å². The summed E-state index contributed by atoms with van der Waals surface area (Å²) in [4.78, 5) is 12.0. The molecular formula is C16H15FO3. The van der Waals surface area contributed by atoms with Crippen molar-refractivity contribution in [3.8, 4) is 11.5 Å². The van der Waals surface area contributed by atoms with Gasteiger partial charge in [-0.2, -0.15) is 0 Å². The van der Waals surface area contributed by atoms with Gasteiger partial charge in [-0.3, -0.25) is 4.79 Å². The second-order valence-electron chi connectivity index (χ2n) is 4.35. The molecule has 0 atom stereocenters. The number of ether oxygens (including phenoxy) is 2. The summed E-state index contributed by atoms with van der Waals surface area (Å²) >= 11 is 0. The number of hydrogen-bond acceptors (Lipinski definition) is 3. The Kier molecular flexibility index (Phi) is 4.35. The molecular weight excluding hydrogens is 259 g/mol. The highest BCUT2D eigenvalue weighted by Gasteiger charge is 2.09. The molecule has 0 bridgehead atoms. The Morgan fingerprint density at radius 3 is 2.70 bits per heavy atom. The molecule has 2 rings (SSSR count).